The number of nitrogens with zero attached hydrogens (tertiary/aromatic N) is 3. The normalized spacial score (nSPS) is 28.3. The summed E-state index contributed by atoms with van der Waals surface area (Å²) < 4.78 is 11.7. The number of hydrogen-bond donors (Lipinski definition) is 0. The van der Waals surface area contributed by atoms with Gasteiger partial charge < -0.3 is 14.4 Å². The number of carbonyl (C=O) groups excluding carboxylic acids is 1. The molecule has 24 heavy (non-hydrogen) atoms. The van der Waals surface area contributed by atoms with Crippen molar-refractivity contribution in [1.29, 1.82) is 0 Å². The minimum absolute atomic E-state index is 0.00927. The minimum atomic E-state index is -0.504. The Bertz CT molecular complexity index is 721. The van der Waals surface area contributed by atoms with Gasteiger partial charge in [0.05, 0.1) is 31.9 Å². The summed E-state index contributed by atoms with van der Waals surface area (Å²) in [5.41, 5.74) is 2.40. The molecule has 1 aromatic carbocycles. The molecule has 0 bridgehead atoms. The highest BCUT2D eigenvalue weighted by Gasteiger charge is 2.54. The highest BCUT2D eigenvalue weighted by molar-refractivity contribution is 5.96. The summed E-state index contributed by atoms with van der Waals surface area (Å²) in [5.74, 6) is -0.504. The van der Waals surface area contributed by atoms with E-state index in [-0.39, 0.29) is 18.1 Å². The van der Waals surface area contributed by atoms with Crippen LogP contribution in [0.5, 0.6) is 0 Å². The van der Waals surface area contributed by atoms with E-state index in [2.05, 4.69) is 4.85 Å². The molecular formula is C18H21N3O3. The number of aryl methyl sites for hydroxylation is 1. The maximum absolute atomic E-state index is 12.9. The third-order valence-electron chi connectivity index (χ3n) is 5.51. The van der Waals surface area contributed by atoms with Crippen molar-refractivity contribution >= 4 is 17.4 Å². The average Bonchev–Trinajstić information content (AvgIpc) is 3.12. The number of amides is 2. The third-order valence-corrected chi connectivity index (χ3v) is 5.51. The van der Waals surface area contributed by atoms with Gasteiger partial charge in [-0.05, 0) is 31.0 Å². The first kappa shape index (κ1) is 15.4. The number of carbonyl (C=O) groups is 1. The van der Waals surface area contributed by atoms with Crippen molar-refractivity contribution in [2.75, 3.05) is 25.2 Å². The Kier molecular flexibility index (Phi) is 3.52. The molecule has 0 N–H and O–H groups in total. The number of ether oxygens (including phenoxy) is 2. The van der Waals surface area contributed by atoms with Crippen LogP contribution in [0.1, 0.15) is 24.8 Å². The standard InChI is InChI=1S/C18H21N3O3/c1-12-10-13(4-5-14(12)19-2)21-15-6-7-18(23-8-9-24-18)11-16(15)20(3)17(21)22/h4-5,10,15-16H,6-9,11H2,1,3H3. The van der Waals surface area contributed by atoms with Crippen LogP contribution in [0.4, 0.5) is 16.2 Å². The molecule has 2 atom stereocenters. The van der Waals surface area contributed by atoms with Crippen LogP contribution in [0.25, 0.3) is 4.85 Å². The fourth-order valence-electron chi connectivity index (χ4n) is 4.24. The van der Waals surface area contributed by atoms with Crippen molar-refractivity contribution in [2.24, 2.45) is 0 Å². The smallest absolute Gasteiger partial charge is 0.324 e. The highest BCUT2D eigenvalue weighted by Crippen LogP contribution is 2.44. The Morgan fingerprint density at radius 1 is 1.29 bits per heavy atom. The van der Waals surface area contributed by atoms with Gasteiger partial charge >= 0.3 is 6.03 Å². The molecule has 2 aliphatic heterocycles. The Morgan fingerprint density at radius 2 is 2.04 bits per heavy atom. The van der Waals surface area contributed by atoms with Gasteiger partial charge in [0.25, 0.3) is 0 Å². The number of hydrogen-bond acceptors (Lipinski definition) is 3. The van der Waals surface area contributed by atoms with Crippen molar-refractivity contribution in [3.63, 3.8) is 0 Å². The molecule has 2 unspecified atom stereocenters. The van der Waals surface area contributed by atoms with Crippen LogP contribution >= 0.6 is 0 Å². The molecule has 126 valence electrons. The second kappa shape index (κ2) is 5.47. The van der Waals surface area contributed by atoms with E-state index in [0.29, 0.717) is 18.9 Å². The Hall–Kier alpha value is -2.10. The second-order valence-corrected chi connectivity index (χ2v) is 6.83. The molecule has 3 fully saturated rings. The number of fused-ring (bicyclic) bond motifs is 1. The molecule has 0 radical (unpaired) electrons. The molecule has 1 aromatic rings. The number of benzene rings is 1. The SMILES string of the molecule is [C-]#[N+]c1ccc(N2C(=O)N(C)C3CC4(CCC32)OCCO4)cc1C. The largest absolute Gasteiger partial charge is 0.347 e. The van der Waals surface area contributed by atoms with Crippen molar-refractivity contribution in [2.45, 2.75) is 44.1 Å². The Balaban J connectivity index is 1.65. The maximum atomic E-state index is 12.9. The van der Waals surface area contributed by atoms with E-state index >= 15 is 0 Å². The summed E-state index contributed by atoms with van der Waals surface area (Å²) in [6, 6.07) is 5.83. The lowest BCUT2D eigenvalue weighted by Crippen LogP contribution is -2.49. The van der Waals surface area contributed by atoms with Crippen molar-refractivity contribution in [3.8, 4) is 0 Å². The molecule has 1 aliphatic carbocycles. The summed E-state index contributed by atoms with van der Waals surface area (Å²) in [5, 5.41) is 0. The molecule has 2 saturated heterocycles. The first-order valence-corrected chi connectivity index (χ1v) is 8.37. The van der Waals surface area contributed by atoms with E-state index < -0.39 is 5.79 Å². The van der Waals surface area contributed by atoms with E-state index in [4.69, 9.17) is 16.0 Å². The molecule has 0 aromatic heterocycles. The van der Waals surface area contributed by atoms with Crippen LogP contribution in [0.2, 0.25) is 0 Å². The monoisotopic (exact) mass is 327 g/mol. The number of urea groups is 1. The molecule has 3 aliphatic rings. The average molecular weight is 327 g/mol. The molecular weight excluding hydrogens is 306 g/mol. The molecule has 6 heteroatoms. The van der Waals surface area contributed by atoms with Crippen LogP contribution in [-0.2, 0) is 9.47 Å². The molecule has 2 heterocycles. The zero-order valence-electron chi connectivity index (χ0n) is 14.0. The van der Waals surface area contributed by atoms with Gasteiger partial charge in [-0.1, -0.05) is 6.07 Å². The second-order valence-electron chi connectivity index (χ2n) is 6.83. The van der Waals surface area contributed by atoms with Crippen LogP contribution in [-0.4, -0.2) is 49.1 Å². The lowest BCUT2D eigenvalue weighted by molar-refractivity contribution is -0.186. The van der Waals surface area contributed by atoms with Crippen molar-refractivity contribution < 1.29 is 14.3 Å². The Morgan fingerprint density at radius 3 is 2.71 bits per heavy atom. The quantitative estimate of drug-likeness (QED) is 0.745. The number of rotatable bonds is 1. The predicted octanol–water partition coefficient (Wildman–Crippen LogP) is 3.08. The summed E-state index contributed by atoms with van der Waals surface area (Å²) in [6.45, 7) is 10.4. The van der Waals surface area contributed by atoms with Crippen molar-refractivity contribution in [3.05, 3.63) is 35.2 Å². The van der Waals surface area contributed by atoms with Gasteiger partial charge in [0.1, 0.15) is 0 Å². The van der Waals surface area contributed by atoms with E-state index in [1.165, 1.54) is 0 Å². The fourth-order valence-corrected chi connectivity index (χ4v) is 4.24. The van der Waals surface area contributed by atoms with Crippen LogP contribution in [0, 0.1) is 13.5 Å². The van der Waals surface area contributed by atoms with Crippen LogP contribution < -0.4 is 4.90 Å². The summed E-state index contributed by atoms with van der Waals surface area (Å²) >= 11 is 0. The maximum Gasteiger partial charge on any atom is 0.324 e. The molecule has 4 rings (SSSR count). The highest BCUT2D eigenvalue weighted by atomic mass is 16.7. The summed E-state index contributed by atoms with van der Waals surface area (Å²) in [6.07, 6.45) is 2.38. The van der Waals surface area contributed by atoms with Gasteiger partial charge in [-0.25, -0.2) is 9.64 Å². The van der Waals surface area contributed by atoms with Gasteiger partial charge in [0.2, 0.25) is 0 Å². The Labute approximate surface area is 141 Å². The summed E-state index contributed by atoms with van der Waals surface area (Å²) in [4.78, 5) is 20.1. The van der Waals surface area contributed by atoms with Gasteiger partial charge in [0, 0.05) is 25.6 Å². The van der Waals surface area contributed by atoms with E-state index in [9.17, 15) is 4.79 Å². The van der Waals surface area contributed by atoms with E-state index in [0.717, 1.165) is 30.5 Å². The molecule has 1 saturated carbocycles. The zero-order chi connectivity index (χ0) is 16.9. The topological polar surface area (TPSA) is 46.4 Å². The van der Waals surface area contributed by atoms with Gasteiger partial charge in [-0.3, -0.25) is 4.90 Å². The summed E-state index contributed by atoms with van der Waals surface area (Å²) in [7, 11) is 1.86. The fraction of sp³-hybridized carbons (Fsp3) is 0.556. The van der Waals surface area contributed by atoms with Crippen LogP contribution in [0.3, 0.4) is 0 Å². The predicted molar refractivity (Wildman–Crippen MR) is 89.1 cm³/mol. The minimum Gasteiger partial charge on any atom is -0.347 e. The van der Waals surface area contributed by atoms with Crippen LogP contribution in [0.15, 0.2) is 18.2 Å². The molecule has 1 spiro atoms. The van der Waals surface area contributed by atoms with E-state index in [1.807, 2.05) is 35.9 Å². The lowest BCUT2D eigenvalue weighted by atomic mass is 9.85. The molecule has 2 amide bonds. The van der Waals surface area contributed by atoms with Gasteiger partial charge in [-0.15, -0.1) is 0 Å². The lowest BCUT2D eigenvalue weighted by Gasteiger charge is -2.40. The number of likely N-dealkylation sites (N-methyl/N-ethyl adjacent to an activating group) is 1. The first-order chi connectivity index (χ1) is 11.5. The first-order valence-electron chi connectivity index (χ1n) is 8.37. The van der Waals surface area contributed by atoms with Crippen molar-refractivity contribution in [1.82, 2.24) is 4.90 Å². The third kappa shape index (κ3) is 2.20. The van der Waals surface area contributed by atoms with E-state index in [1.54, 1.807) is 6.07 Å². The zero-order valence-corrected chi connectivity index (χ0v) is 14.0. The van der Waals surface area contributed by atoms with Gasteiger partial charge in [-0.2, -0.15) is 0 Å². The molecule has 6 nitrogen and oxygen atoms in total. The number of anilines is 1. The van der Waals surface area contributed by atoms with Gasteiger partial charge in [0.15, 0.2) is 11.5 Å².